The predicted molar refractivity (Wildman–Crippen MR) is 138 cm³/mol. The highest BCUT2D eigenvalue weighted by molar-refractivity contribution is 6.07. The van der Waals surface area contributed by atoms with Crippen LogP contribution in [0.1, 0.15) is 80.3 Å². The van der Waals surface area contributed by atoms with Crippen LogP contribution in [0.3, 0.4) is 0 Å². The maximum absolute atomic E-state index is 13.5. The average molecular weight is 464 g/mol. The molecule has 3 N–H and O–H groups in total. The van der Waals surface area contributed by atoms with Gasteiger partial charge in [0, 0.05) is 17.2 Å². The van der Waals surface area contributed by atoms with E-state index in [4.69, 9.17) is 4.74 Å². The van der Waals surface area contributed by atoms with Gasteiger partial charge in [0.1, 0.15) is 17.2 Å². The number of hydrogen-bond acceptors (Lipinski definition) is 4. The van der Waals surface area contributed by atoms with Gasteiger partial charge in [0.2, 0.25) is 0 Å². The first-order chi connectivity index (χ1) is 16.3. The van der Waals surface area contributed by atoms with E-state index in [0.717, 1.165) is 37.7 Å². The Bertz CT molecular complexity index is 1070. The number of carbonyl (C=O) groups is 1. The molecule has 0 aromatic heterocycles. The second-order valence-electron chi connectivity index (χ2n) is 9.36. The number of aromatic hydroxyl groups is 2. The Labute approximate surface area is 203 Å². The van der Waals surface area contributed by atoms with Gasteiger partial charge in [0.05, 0.1) is 12.7 Å². The number of nitrogens with one attached hydrogen (secondary N) is 1. The number of unbranched alkanes of at least 4 members (excludes halogenated alkanes) is 2. The fourth-order valence-electron chi connectivity index (χ4n) is 4.84. The molecule has 34 heavy (non-hydrogen) atoms. The van der Waals surface area contributed by atoms with Crippen molar-refractivity contribution >= 4 is 11.6 Å². The van der Waals surface area contributed by atoms with Crippen molar-refractivity contribution in [3.05, 3.63) is 70.8 Å². The Morgan fingerprint density at radius 1 is 1.21 bits per heavy atom. The van der Waals surface area contributed by atoms with Crippen LogP contribution in [0.4, 0.5) is 5.69 Å². The summed E-state index contributed by atoms with van der Waals surface area (Å²) in [6.45, 7) is 10.3. The summed E-state index contributed by atoms with van der Waals surface area (Å²) in [7, 11) is 1.59. The topological polar surface area (TPSA) is 78.8 Å². The van der Waals surface area contributed by atoms with Gasteiger partial charge in [-0.3, -0.25) is 4.79 Å². The molecule has 0 heterocycles. The molecular formula is C29H37NO4. The van der Waals surface area contributed by atoms with E-state index in [1.165, 1.54) is 5.57 Å². The van der Waals surface area contributed by atoms with Crippen molar-refractivity contribution in [3.63, 3.8) is 0 Å². The molecule has 182 valence electrons. The highest BCUT2D eigenvalue weighted by Gasteiger charge is 2.33. The minimum absolute atomic E-state index is 0.0344. The van der Waals surface area contributed by atoms with Crippen LogP contribution in [0.25, 0.3) is 0 Å². The van der Waals surface area contributed by atoms with Crippen LogP contribution in [0, 0.1) is 5.92 Å². The lowest BCUT2D eigenvalue weighted by atomic mass is 9.73. The van der Waals surface area contributed by atoms with Crippen molar-refractivity contribution in [2.45, 2.75) is 65.2 Å². The zero-order chi connectivity index (χ0) is 24.8. The number of phenols is 2. The van der Waals surface area contributed by atoms with E-state index < -0.39 is 0 Å². The van der Waals surface area contributed by atoms with Gasteiger partial charge in [0.15, 0.2) is 0 Å². The summed E-state index contributed by atoms with van der Waals surface area (Å²) in [6, 6.07) is 8.73. The smallest absolute Gasteiger partial charge is 0.259 e. The quantitative estimate of drug-likeness (QED) is 0.273. The normalized spacial score (nSPS) is 17.7. The SMILES string of the molecule is C=C(C)[C@@H]1CCC(C)=C[C@H]1c1c(O)cc(CCCCC)c(C(=O)Nc2ccc(OC)cc2)c1O. The van der Waals surface area contributed by atoms with Gasteiger partial charge < -0.3 is 20.3 Å². The Balaban J connectivity index is 2.08. The molecule has 0 saturated heterocycles. The Kier molecular flexibility index (Phi) is 8.43. The zero-order valence-electron chi connectivity index (χ0n) is 20.8. The highest BCUT2D eigenvalue weighted by atomic mass is 16.5. The molecule has 2 aromatic rings. The van der Waals surface area contributed by atoms with Gasteiger partial charge in [-0.15, -0.1) is 0 Å². The predicted octanol–water partition coefficient (Wildman–Crippen LogP) is 7.11. The van der Waals surface area contributed by atoms with Crippen LogP contribution in [-0.2, 0) is 6.42 Å². The zero-order valence-corrected chi connectivity index (χ0v) is 20.8. The number of rotatable bonds is 9. The molecule has 0 aliphatic heterocycles. The molecular weight excluding hydrogens is 426 g/mol. The van der Waals surface area contributed by atoms with Gasteiger partial charge >= 0.3 is 0 Å². The number of allylic oxidation sites excluding steroid dienone is 3. The molecule has 1 aliphatic rings. The Morgan fingerprint density at radius 2 is 1.91 bits per heavy atom. The van der Waals surface area contributed by atoms with Gasteiger partial charge in [-0.05, 0) is 81.3 Å². The molecule has 2 aromatic carbocycles. The third-order valence-electron chi connectivity index (χ3n) is 6.74. The molecule has 0 bridgehead atoms. The van der Waals surface area contributed by atoms with Crippen molar-refractivity contribution in [2.75, 3.05) is 12.4 Å². The second-order valence-corrected chi connectivity index (χ2v) is 9.36. The summed E-state index contributed by atoms with van der Waals surface area (Å²) >= 11 is 0. The summed E-state index contributed by atoms with van der Waals surface area (Å²) in [5.74, 6) is 0.0523. The summed E-state index contributed by atoms with van der Waals surface area (Å²) < 4.78 is 5.19. The first kappa shape index (κ1) is 25.4. The van der Waals surface area contributed by atoms with Crippen LogP contribution < -0.4 is 10.1 Å². The molecule has 1 amide bonds. The molecule has 2 atom stereocenters. The van der Waals surface area contributed by atoms with Crippen LogP contribution in [0.15, 0.2) is 54.1 Å². The Hall–Kier alpha value is -3.21. The van der Waals surface area contributed by atoms with Crippen molar-refractivity contribution in [1.29, 1.82) is 0 Å². The third kappa shape index (κ3) is 5.64. The molecule has 1 aliphatic carbocycles. The lowest BCUT2D eigenvalue weighted by molar-refractivity contribution is 0.102. The van der Waals surface area contributed by atoms with Crippen molar-refractivity contribution in [1.82, 2.24) is 0 Å². The van der Waals surface area contributed by atoms with Crippen molar-refractivity contribution in [3.8, 4) is 17.2 Å². The number of methoxy groups -OCH3 is 1. The standard InChI is InChI=1S/C29H37NO4/c1-6-7-8-9-20-17-25(31)27(24-16-19(4)10-15-23(24)18(2)3)28(32)26(20)29(33)30-21-11-13-22(34-5)14-12-21/h11-14,16-17,23-24,31-32H,2,6-10,15H2,1,3-5H3,(H,30,33)/t23-,24+/m0/s1. The van der Waals surface area contributed by atoms with E-state index in [0.29, 0.717) is 29.0 Å². The monoisotopic (exact) mass is 463 g/mol. The summed E-state index contributed by atoms with van der Waals surface area (Å²) in [4.78, 5) is 13.5. The van der Waals surface area contributed by atoms with Gasteiger partial charge in [-0.1, -0.05) is 43.6 Å². The van der Waals surface area contributed by atoms with Gasteiger partial charge in [-0.25, -0.2) is 0 Å². The highest BCUT2D eigenvalue weighted by Crippen LogP contribution is 2.48. The van der Waals surface area contributed by atoms with E-state index in [9.17, 15) is 15.0 Å². The van der Waals surface area contributed by atoms with Crippen LogP contribution in [0.2, 0.25) is 0 Å². The summed E-state index contributed by atoms with van der Waals surface area (Å²) in [5.41, 5.74) is 4.11. The van der Waals surface area contributed by atoms with Gasteiger partial charge in [0.25, 0.3) is 5.91 Å². The van der Waals surface area contributed by atoms with E-state index in [1.54, 1.807) is 37.4 Å². The molecule has 3 rings (SSSR count). The van der Waals surface area contributed by atoms with Crippen molar-refractivity contribution < 1.29 is 19.7 Å². The lowest BCUT2D eigenvalue weighted by Gasteiger charge is -2.32. The van der Waals surface area contributed by atoms with Crippen LogP contribution in [0.5, 0.6) is 17.2 Å². The minimum atomic E-state index is -0.390. The summed E-state index contributed by atoms with van der Waals surface area (Å²) in [5, 5.41) is 25.4. The van der Waals surface area contributed by atoms with E-state index in [-0.39, 0.29) is 34.8 Å². The molecule has 0 radical (unpaired) electrons. The number of carbonyl (C=O) groups excluding carboxylic acids is 1. The first-order valence-electron chi connectivity index (χ1n) is 12.1. The number of aryl methyl sites for hydroxylation is 1. The van der Waals surface area contributed by atoms with E-state index >= 15 is 0 Å². The lowest BCUT2D eigenvalue weighted by Crippen LogP contribution is -2.20. The average Bonchev–Trinajstić information content (AvgIpc) is 2.79. The van der Waals surface area contributed by atoms with Crippen LogP contribution >= 0.6 is 0 Å². The largest absolute Gasteiger partial charge is 0.507 e. The van der Waals surface area contributed by atoms with Crippen LogP contribution in [-0.4, -0.2) is 23.2 Å². The summed E-state index contributed by atoms with van der Waals surface area (Å²) in [6.07, 6.45) is 7.46. The second kappa shape index (κ2) is 11.3. The minimum Gasteiger partial charge on any atom is -0.507 e. The van der Waals surface area contributed by atoms with Crippen molar-refractivity contribution in [2.24, 2.45) is 5.92 Å². The third-order valence-corrected chi connectivity index (χ3v) is 6.74. The van der Waals surface area contributed by atoms with E-state index in [1.807, 2.05) is 6.92 Å². The number of amides is 1. The fraction of sp³-hybridized carbons (Fsp3) is 0.414. The maximum atomic E-state index is 13.5. The molecule has 0 fully saturated rings. The first-order valence-corrected chi connectivity index (χ1v) is 12.1. The molecule has 0 saturated carbocycles. The fourth-order valence-corrected chi connectivity index (χ4v) is 4.84. The Morgan fingerprint density at radius 3 is 2.53 bits per heavy atom. The molecule has 5 heteroatoms. The molecule has 0 unspecified atom stereocenters. The number of phenolic OH excluding ortho intramolecular Hbond substituents is 2. The van der Waals surface area contributed by atoms with E-state index in [2.05, 4.69) is 31.8 Å². The maximum Gasteiger partial charge on any atom is 0.259 e. The number of anilines is 1. The van der Waals surface area contributed by atoms with Gasteiger partial charge in [-0.2, -0.15) is 0 Å². The molecule has 5 nitrogen and oxygen atoms in total. The number of hydrogen-bond donors (Lipinski definition) is 3. The molecule has 0 spiro atoms. The number of benzene rings is 2. The number of ether oxygens (including phenoxy) is 1.